The Kier molecular flexibility index (Phi) is 4.88. The summed E-state index contributed by atoms with van der Waals surface area (Å²) >= 11 is 0. The van der Waals surface area contributed by atoms with Crippen molar-refractivity contribution in [1.29, 1.82) is 5.26 Å². The molecule has 1 unspecified atom stereocenters. The minimum Gasteiger partial charge on any atom is -0.459 e. The molecule has 2 aliphatic rings. The van der Waals surface area contributed by atoms with Crippen molar-refractivity contribution in [1.82, 2.24) is 9.88 Å². The van der Waals surface area contributed by atoms with E-state index in [1.165, 1.54) is 6.42 Å². The van der Waals surface area contributed by atoms with Crippen LogP contribution in [0, 0.1) is 23.2 Å². The number of nitriles is 1. The Morgan fingerprint density at radius 3 is 2.78 bits per heavy atom. The summed E-state index contributed by atoms with van der Waals surface area (Å²) in [7, 11) is 0. The van der Waals surface area contributed by atoms with E-state index in [-0.39, 0.29) is 17.5 Å². The minimum absolute atomic E-state index is 0.0598. The highest BCUT2D eigenvalue weighted by Gasteiger charge is 2.32. The molecule has 1 amide bonds. The number of nitrogens with zero attached hydrogens (tertiary/aromatic N) is 4. The van der Waals surface area contributed by atoms with E-state index in [9.17, 15) is 10.1 Å². The molecule has 2 aromatic rings. The van der Waals surface area contributed by atoms with Gasteiger partial charge in [0, 0.05) is 32.1 Å². The maximum Gasteiger partial charge on any atom is 0.266 e. The monoisotopic (exact) mass is 368 g/mol. The molecule has 2 saturated heterocycles. The van der Waals surface area contributed by atoms with Crippen LogP contribution in [-0.2, 0) is 4.79 Å². The number of rotatable bonds is 3. The average Bonchev–Trinajstić information content (AvgIpc) is 3.37. The van der Waals surface area contributed by atoms with Crippen molar-refractivity contribution in [2.24, 2.45) is 11.8 Å². The fourth-order valence-corrected chi connectivity index (χ4v) is 4.08. The first kappa shape index (κ1) is 17.7. The molecular weight excluding hydrogens is 344 g/mol. The lowest BCUT2D eigenvalue weighted by molar-refractivity contribution is -0.137. The Balaban J connectivity index is 1.42. The predicted molar refractivity (Wildman–Crippen MR) is 98.8 cm³/mol. The highest BCUT2D eigenvalue weighted by Crippen LogP contribution is 2.32. The maximum absolute atomic E-state index is 12.8. The predicted octanol–water partition coefficient (Wildman–Crippen LogP) is 3.28. The van der Waals surface area contributed by atoms with Gasteiger partial charge in [-0.3, -0.25) is 4.79 Å². The number of aromatic nitrogens is 1. The molecule has 2 fully saturated rings. The lowest BCUT2D eigenvalue weighted by atomic mass is 9.93. The van der Waals surface area contributed by atoms with Crippen molar-refractivity contribution in [3.05, 3.63) is 24.1 Å². The lowest BCUT2D eigenvalue weighted by Crippen LogP contribution is -2.46. The molecule has 0 aliphatic carbocycles. The summed E-state index contributed by atoms with van der Waals surface area (Å²) < 4.78 is 11.1. The molecule has 7 nitrogen and oxygen atoms in total. The largest absolute Gasteiger partial charge is 0.459 e. The summed E-state index contributed by atoms with van der Waals surface area (Å²) in [6.45, 7) is 5.34. The summed E-state index contributed by atoms with van der Waals surface area (Å²) in [5.74, 6) is 2.23. The summed E-state index contributed by atoms with van der Waals surface area (Å²) in [5.41, 5.74) is 0.260. The summed E-state index contributed by atoms with van der Waals surface area (Å²) in [6, 6.07) is 5.61. The van der Waals surface area contributed by atoms with E-state index in [0.717, 1.165) is 32.4 Å². The van der Waals surface area contributed by atoms with Gasteiger partial charge in [-0.1, -0.05) is 6.92 Å². The fourth-order valence-electron chi connectivity index (χ4n) is 4.08. The molecule has 4 heterocycles. The van der Waals surface area contributed by atoms with Crippen LogP contribution in [0.2, 0.25) is 0 Å². The second-order valence-electron chi connectivity index (χ2n) is 7.55. The Hall–Kier alpha value is -2.75. The van der Waals surface area contributed by atoms with Crippen LogP contribution in [0.1, 0.15) is 38.3 Å². The molecule has 27 heavy (non-hydrogen) atoms. The molecule has 4 rings (SSSR count). The van der Waals surface area contributed by atoms with Gasteiger partial charge >= 0.3 is 0 Å². The number of oxazole rings is 1. The van der Waals surface area contributed by atoms with E-state index in [4.69, 9.17) is 8.83 Å². The minimum atomic E-state index is 0.0598. The smallest absolute Gasteiger partial charge is 0.266 e. The summed E-state index contributed by atoms with van der Waals surface area (Å²) in [5, 5.41) is 9.40. The Labute approximate surface area is 158 Å². The molecular formula is C20H24N4O3. The van der Waals surface area contributed by atoms with Crippen LogP contribution in [0.15, 0.2) is 27.2 Å². The van der Waals surface area contributed by atoms with Gasteiger partial charge in [-0.25, -0.2) is 0 Å². The van der Waals surface area contributed by atoms with E-state index in [1.54, 1.807) is 18.4 Å². The number of hydrogen-bond donors (Lipinski definition) is 0. The Bertz CT molecular complexity index is 828. The van der Waals surface area contributed by atoms with Gasteiger partial charge in [-0.15, -0.1) is 0 Å². The van der Waals surface area contributed by atoms with Crippen LogP contribution in [0.3, 0.4) is 0 Å². The van der Waals surface area contributed by atoms with Crippen LogP contribution in [0.4, 0.5) is 5.88 Å². The molecule has 142 valence electrons. The number of anilines is 1. The second kappa shape index (κ2) is 7.47. The highest BCUT2D eigenvalue weighted by atomic mass is 16.4. The van der Waals surface area contributed by atoms with E-state index in [1.807, 2.05) is 9.80 Å². The zero-order valence-electron chi connectivity index (χ0n) is 15.6. The van der Waals surface area contributed by atoms with E-state index in [0.29, 0.717) is 36.5 Å². The molecule has 0 saturated carbocycles. The SMILES string of the molecule is CC1CCCN(C(=O)C2CCN(c3oc(-c4ccco4)nc3C#N)CC2)C1. The third-order valence-electron chi connectivity index (χ3n) is 5.55. The number of carbonyl (C=O) groups is 1. The first-order valence-corrected chi connectivity index (χ1v) is 9.64. The molecule has 0 N–H and O–H groups in total. The Morgan fingerprint density at radius 2 is 2.11 bits per heavy atom. The number of likely N-dealkylation sites (tertiary alicyclic amines) is 1. The van der Waals surface area contributed by atoms with Gasteiger partial charge in [0.1, 0.15) is 6.07 Å². The zero-order chi connectivity index (χ0) is 18.8. The standard InChI is InChI=1S/C20H24N4O3/c1-14-4-2-8-24(13-14)19(25)15-6-9-23(10-7-15)20-16(12-21)22-18(27-20)17-5-3-11-26-17/h3,5,11,14-15H,2,4,6-10,13H2,1H3. The third-order valence-corrected chi connectivity index (χ3v) is 5.55. The molecule has 7 heteroatoms. The van der Waals surface area contributed by atoms with E-state index >= 15 is 0 Å². The maximum atomic E-state index is 12.8. The van der Waals surface area contributed by atoms with Crippen LogP contribution in [0.25, 0.3) is 11.7 Å². The van der Waals surface area contributed by atoms with Crippen LogP contribution >= 0.6 is 0 Å². The normalized spacial score (nSPS) is 21.3. The topological polar surface area (TPSA) is 86.5 Å². The van der Waals surface area contributed by atoms with Gasteiger partial charge in [0.05, 0.1) is 6.26 Å². The van der Waals surface area contributed by atoms with Gasteiger partial charge in [0.2, 0.25) is 17.5 Å². The molecule has 2 aromatic heterocycles. The number of furan rings is 1. The van der Waals surface area contributed by atoms with Crippen LogP contribution in [-0.4, -0.2) is 42.0 Å². The van der Waals surface area contributed by atoms with Gasteiger partial charge < -0.3 is 18.6 Å². The number of carbonyl (C=O) groups excluding carboxylic acids is 1. The van der Waals surface area contributed by atoms with Crippen molar-refractivity contribution < 1.29 is 13.6 Å². The number of hydrogen-bond acceptors (Lipinski definition) is 6. The van der Waals surface area contributed by atoms with Gasteiger partial charge in [0.15, 0.2) is 5.76 Å². The zero-order valence-corrected chi connectivity index (χ0v) is 15.6. The molecule has 0 radical (unpaired) electrons. The first-order valence-electron chi connectivity index (χ1n) is 9.64. The summed E-state index contributed by atoms with van der Waals surface area (Å²) in [4.78, 5) is 21.1. The van der Waals surface area contributed by atoms with Gasteiger partial charge in [0.25, 0.3) is 5.89 Å². The Morgan fingerprint density at radius 1 is 1.30 bits per heavy atom. The van der Waals surface area contributed by atoms with Crippen LogP contribution < -0.4 is 4.90 Å². The van der Waals surface area contributed by atoms with Crippen molar-refractivity contribution in [3.8, 4) is 17.7 Å². The highest BCUT2D eigenvalue weighted by molar-refractivity contribution is 5.79. The molecule has 2 aliphatic heterocycles. The van der Waals surface area contributed by atoms with Crippen molar-refractivity contribution in [2.75, 3.05) is 31.1 Å². The van der Waals surface area contributed by atoms with E-state index < -0.39 is 0 Å². The second-order valence-corrected chi connectivity index (χ2v) is 7.55. The lowest BCUT2D eigenvalue weighted by Gasteiger charge is -2.37. The summed E-state index contributed by atoms with van der Waals surface area (Å²) in [6.07, 6.45) is 5.40. The molecule has 0 aromatic carbocycles. The van der Waals surface area contributed by atoms with Crippen LogP contribution in [0.5, 0.6) is 0 Å². The van der Waals surface area contributed by atoms with Gasteiger partial charge in [-0.05, 0) is 43.7 Å². The number of amides is 1. The quantitative estimate of drug-likeness (QED) is 0.826. The molecule has 0 bridgehead atoms. The number of piperidine rings is 2. The molecule has 0 spiro atoms. The first-order chi connectivity index (χ1) is 13.2. The third kappa shape index (κ3) is 3.57. The van der Waals surface area contributed by atoms with Crippen molar-refractivity contribution in [3.63, 3.8) is 0 Å². The fraction of sp³-hybridized carbons (Fsp3) is 0.550. The van der Waals surface area contributed by atoms with E-state index in [2.05, 4.69) is 18.0 Å². The van der Waals surface area contributed by atoms with Crippen molar-refractivity contribution >= 4 is 11.8 Å². The average molecular weight is 368 g/mol. The van der Waals surface area contributed by atoms with Crippen molar-refractivity contribution in [2.45, 2.75) is 32.6 Å². The molecule has 1 atom stereocenters. The van der Waals surface area contributed by atoms with Gasteiger partial charge in [-0.2, -0.15) is 10.2 Å².